The van der Waals surface area contributed by atoms with Crippen LogP contribution in [0.15, 0.2) is 128 Å². The van der Waals surface area contributed by atoms with Gasteiger partial charge in [0, 0.05) is 55.2 Å². The molecular formula is C52H42F6N10O2. The van der Waals surface area contributed by atoms with E-state index in [4.69, 9.17) is 29.4 Å². The summed E-state index contributed by atoms with van der Waals surface area (Å²) in [4.78, 5) is 20.0. The summed E-state index contributed by atoms with van der Waals surface area (Å²) in [5, 5.41) is 7.52. The minimum absolute atomic E-state index is 0.0947. The van der Waals surface area contributed by atoms with Crippen LogP contribution in [0.25, 0.3) is 56.0 Å². The largest absolute Gasteiger partial charge is 0.439 e. The average molecular weight is 953 g/mol. The van der Waals surface area contributed by atoms with E-state index in [9.17, 15) is 26.3 Å². The van der Waals surface area contributed by atoms with Gasteiger partial charge in [-0.15, -0.1) is 0 Å². The summed E-state index contributed by atoms with van der Waals surface area (Å²) in [5.74, 6) is 2.14. The fourth-order valence-corrected chi connectivity index (χ4v) is 8.64. The van der Waals surface area contributed by atoms with Gasteiger partial charge in [-0.25, -0.2) is 29.3 Å². The second-order valence-corrected chi connectivity index (χ2v) is 17.2. The molecule has 0 aliphatic carbocycles. The summed E-state index contributed by atoms with van der Waals surface area (Å²) < 4.78 is 99.4. The first-order valence-electron chi connectivity index (χ1n) is 22.1. The zero-order valence-corrected chi connectivity index (χ0v) is 38.5. The molecule has 6 heterocycles. The number of hydrogen-bond donors (Lipinski definition) is 0. The highest BCUT2D eigenvalue weighted by atomic mass is 19.4. The number of hydrogen-bond acceptors (Lipinski definition) is 8. The molecule has 0 saturated heterocycles. The Morgan fingerprint density at radius 3 is 1.60 bits per heavy atom. The minimum Gasteiger partial charge on any atom is -0.439 e. The molecule has 354 valence electrons. The maximum absolute atomic E-state index is 13.4. The van der Waals surface area contributed by atoms with Crippen LogP contribution < -0.4 is 9.47 Å². The van der Waals surface area contributed by atoms with Gasteiger partial charge in [-0.2, -0.15) is 36.5 Å². The van der Waals surface area contributed by atoms with Crippen molar-refractivity contribution in [3.8, 4) is 57.1 Å². The standard InChI is InChI=1S/C52H42F6N10O2/c1-29-11-7-8-13-38(29)47-50-41(27-46(61-47)70-36-21-17-34(18-22-36)68-32(4)25-43(64-68)52(56,57)58)66(6)44(60-50)23-30(2)37-12-9-10-14-39(37)48-49-40(65(5)28-59-49)26-45(62-48)69-35-19-15-33(16-20-35)67-31(3)24-42(63-67)51(53,54)55/h7-22,24-28,30H,23H2,1-6H3. The number of alkyl halides is 6. The summed E-state index contributed by atoms with van der Waals surface area (Å²) >= 11 is 0. The van der Waals surface area contributed by atoms with Gasteiger partial charge in [0.2, 0.25) is 11.8 Å². The lowest BCUT2D eigenvalue weighted by atomic mass is 9.91. The van der Waals surface area contributed by atoms with Gasteiger partial charge in [0.15, 0.2) is 11.4 Å². The number of rotatable bonds is 11. The molecule has 0 bridgehead atoms. The highest BCUT2D eigenvalue weighted by molar-refractivity contribution is 5.93. The summed E-state index contributed by atoms with van der Waals surface area (Å²) in [7, 11) is 3.83. The second kappa shape index (κ2) is 17.4. The Bertz CT molecular complexity index is 3590. The van der Waals surface area contributed by atoms with Gasteiger partial charge in [-0.05, 0) is 98.5 Å². The first-order chi connectivity index (χ1) is 33.4. The number of fused-ring (bicyclic) bond motifs is 2. The van der Waals surface area contributed by atoms with E-state index in [1.54, 1.807) is 74.8 Å². The molecule has 0 aliphatic rings. The number of benzene rings is 4. The highest BCUT2D eigenvalue weighted by Crippen LogP contribution is 2.39. The van der Waals surface area contributed by atoms with Gasteiger partial charge in [0.1, 0.15) is 39.7 Å². The van der Waals surface area contributed by atoms with Crippen LogP contribution in [0, 0.1) is 20.8 Å². The first kappa shape index (κ1) is 45.5. The molecule has 0 N–H and O–H groups in total. The summed E-state index contributed by atoms with van der Waals surface area (Å²) in [6.45, 7) is 7.25. The van der Waals surface area contributed by atoms with E-state index in [0.717, 1.165) is 51.2 Å². The predicted octanol–water partition coefficient (Wildman–Crippen LogP) is 12.8. The van der Waals surface area contributed by atoms with Crippen molar-refractivity contribution in [1.82, 2.24) is 48.6 Å². The zero-order chi connectivity index (χ0) is 49.2. The van der Waals surface area contributed by atoms with Crippen LogP contribution in [0.3, 0.4) is 0 Å². The van der Waals surface area contributed by atoms with E-state index < -0.39 is 23.7 Å². The van der Waals surface area contributed by atoms with Crippen LogP contribution in [0.5, 0.6) is 23.3 Å². The molecule has 1 atom stereocenters. The number of imidazole rings is 2. The SMILES string of the molecule is Cc1ccccc1-c1nc(Oc2ccc(-n3nc(C(F)(F)F)cc3C)cc2)cc2c1nc(CC(C)c1ccccc1-c1nc(Oc3ccc(-n4nc(C(F)(F)F)cc4C)cc3)cc3c1ncn3C)n2C. The molecule has 10 aromatic rings. The van der Waals surface area contributed by atoms with Crippen LogP contribution in [0.1, 0.15) is 52.6 Å². The maximum atomic E-state index is 13.4. The van der Waals surface area contributed by atoms with Crippen molar-refractivity contribution in [2.24, 2.45) is 14.1 Å². The lowest BCUT2D eigenvalue weighted by molar-refractivity contribution is -0.142. The van der Waals surface area contributed by atoms with Gasteiger partial charge in [-0.3, -0.25) is 0 Å². The molecule has 18 heteroatoms. The van der Waals surface area contributed by atoms with Crippen LogP contribution in [-0.2, 0) is 32.9 Å². The Labute approximate surface area is 396 Å². The number of halogens is 6. The lowest BCUT2D eigenvalue weighted by Gasteiger charge is -2.17. The fourth-order valence-electron chi connectivity index (χ4n) is 8.64. The van der Waals surface area contributed by atoms with Crippen LogP contribution in [0.2, 0.25) is 0 Å². The third-order valence-electron chi connectivity index (χ3n) is 12.2. The van der Waals surface area contributed by atoms with Gasteiger partial charge in [0.05, 0.1) is 28.7 Å². The molecule has 1 unspecified atom stereocenters. The third-order valence-corrected chi connectivity index (χ3v) is 12.2. The lowest BCUT2D eigenvalue weighted by Crippen LogP contribution is -2.07. The third kappa shape index (κ3) is 8.60. The van der Waals surface area contributed by atoms with E-state index >= 15 is 0 Å². The number of pyridine rings is 2. The number of aryl methyl sites for hydroxylation is 5. The Morgan fingerprint density at radius 2 is 1.07 bits per heavy atom. The van der Waals surface area contributed by atoms with Crippen molar-refractivity contribution in [1.29, 1.82) is 0 Å². The summed E-state index contributed by atoms with van der Waals surface area (Å²) in [6, 6.07) is 34.7. The molecule has 12 nitrogen and oxygen atoms in total. The van der Waals surface area contributed by atoms with E-state index in [1.165, 1.54) is 9.36 Å². The number of nitrogens with zero attached hydrogens (tertiary/aromatic N) is 10. The predicted molar refractivity (Wildman–Crippen MR) is 251 cm³/mol. The molecule has 10 rings (SSSR count). The Morgan fingerprint density at radius 1 is 0.571 bits per heavy atom. The van der Waals surface area contributed by atoms with Crippen LogP contribution >= 0.6 is 0 Å². The molecule has 0 fully saturated rings. The van der Waals surface area contributed by atoms with Gasteiger partial charge >= 0.3 is 12.4 Å². The quantitative estimate of drug-likeness (QED) is 0.118. The molecule has 0 saturated carbocycles. The molecule has 0 spiro atoms. The van der Waals surface area contributed by atoms with Crippen molar-refractivity contribution >= 4 is 22.1 Å². The van der Waals surface area contributed by atoms with Gasteiger partial charge < -0.3 is 18.6 Å². The van der Waals surface area contributed by atoms with E-state index in [2.05, 4.69) is 23.2 Å². The molecule has 70 heavy (non-hydrogen) atoms. The smallest absolute Gasteiger partial charge is 0.435 e. The Balaban J connectivity index is 0.957. The van der Waals surface area contributed by atoms with Crippen LogP contribution in [-0.4, -0.2) is 48.6 Å². The van der Waals surface area contributed by atoms with Gasteiger partial charge in [0.25, 0.3) is 0 Å². The Hall–Kier alpha value is -8.28. The van der Waals surface area contributed by atoms with Crippen molar-refractivity contribution in [3.63, 3.8) is 0 Å². The zero-order valence-electron chi connectivity index (χ0n) is 38.5. The number of ether oxygens (including phenoxy) is 2. The normalized spacial score (nSPS) is 12.6. The maximum Gasteiger partial charge on any atom is 0.435 e. The summed E-state index contributed by atoms with van der Waals surface area (Å²) in [5.41, 5.74) is 7.48. The molecule has 0 aliphatic heterocycles. The molecular weight excluding hydrogens is 911 g/mol. The monoisotopic (exact) mass is 952 g/mol. The molecule has 0 radical (unpaired) electrons. The minimum atomic E-state index is -4.57. The molecule has 4 aromatic carbocycles. The Kier molecular flexibility index (Phi) is 11.3. The van der Waals surface area contributed by atoms with Crippen molar-refractivity contribution in [2.75, 3.05) is 0 Å². The molecule has 6 aromatic heterocycles. The highest BCUT2D eigenvalue weighted by Gasteiger charge is 2.35. The number of aromatic nitrogens is 10. The first-order valence-corrected chi connectivity index (χ1v) is 22.1. The average Bonchev–Trinajstić information content (AvgIpc) is 4.11. The molecule has 0 amide bonds. The van der Waals surface area contributed by atoms with Crippen molar-refractivity contribution in [3.05, 3.63) is 167 Å². The van der Waals surface area contributed by atoms with E-state index in [0.29, 0.717) is 74.9 Å². The van der Waals surface area contributed by atoms with Gasteiger partial charge in [-0.1, -0.05) is 55.5 Å². The van der Waals surface area contributed by atoms with E-state index in [1.807, 2.05) is 78.7 Å². The second-order valence-electron chi connectivity index (χ2n) is 17.2. The van der Waals surface area contributed by atoms with Crippen LogP contribution in [0.4, 0.5) is 26.3 Å². The topological polar surface area (TPSA) is 116 Å². The summed E-state index contributed by atoms with van der Waals surface area (Å²) in [6.07, 6.45) is -6.90. The van der Waals surface area contributed by atoms with Crippen molar-refractivity contribution < 1.29 is 35.8 Å². The van der Waals surface area contributed by atoms with Crippen molar-refractivity contribution in [2.45, 2.75) is 52.4 Å². The fraction of sp³-hybridized carbons (Fsp3) is 0.192. The van der Waals surface area contributed by atoms with E-state index in [-0.39, 0.29) is 5.92 Å².